The van der Waals surface area contributed by atoms with Crippen molar-refractivity contribution < 1.29 is 14.5 Å². The summed E-state index contributed by atoms with van der Waals surface area (Å²) in [6, 6.07) is 5.44. The van der Waals surface area contributed by atoms with Crippen molar-refractivity contribution in [2.45, 2.75) is 0 Å². The number of nitrogens with zero attached hydrogens (tertiary/aromatic N) is 2. The van der Waals surface area contributed by atoms with Crippen LogP contribution in [0.5, 0.6) is 5.88 Å². The highest BCUT2D eigenvalue weighted by atomic mass is 35.5. The Hall–Kier alpha value is -1.55. The maximum Gasteiger partial charge on any atom is 0.334 e. The summed E-state index contributed by atoms with van der Waals surface area (Å²) >= 11 is 5.48. The fourth-order valence-corrected chi connectivity index (χ4v) is 1.72. The monoisotopic (exact) mass is 225 g/mol. The Balaban J connectivity index is 2.83. The molecule has 2 aromatic heterocycles. The molecule has 0 aliphatic carbocycles. The summed E-state index contributed by atoms with van der Waals surface area (Å²) in [5.41, 5.74) is 0.964. The van der Waals surface area contributed by atoms with E-state index in [1.165, 1.54) is 0 Å². The van der Waals surface area contributed by atoms with Crippen molar-refractivity contribution in [3.8, 4) is 5.88 Å². The van der Waals surface area contributed by atoms with Gasteiger partial charge < -0.3 is 5.11 Å². The predicted molar refractivity (Wildman–Crippen MR) is 55.3 cm³/mol. The van der Waals surface area contributed by atoms with E-state index in [1.54, 1.807) is 28.3 Å². The molecule has 0 amide bonds. The van der Waals surface area contributed by atoms with E-state index in [0.717, 1.165) is 5.65 Å². The maximum absolute atomic E-state index is 11.5. The fourth-order valence-electron chi connectivity index (χ4n) is 1.59. The van der Waals surface area contributed by atoms with Crippen LogP contribution in [0.15, 0.2) is 24.4 Å². The molecule has 0 aliphatic heterocycles. The molecule has 15 heavy (non-hydrogen) atoms. The number of carbonyl (C=O) groups excluding carboxylic acids is 1. The van der Waals surface area contributed by atoms with Crippen LogP contribution in [-0.4, -0.2) is 21.2 Å². The minimum atomic E-state index is -0.295. The predicted octanol–water partition coefficient (Wildman–Crippen LogP) is 0.891. The van der Waals surface area contributed by atoms with Crippen molar-refractivity contribution >= 4 is 23.0 Å². The molecule has 2 rings (SSSR count). The molecule has 5 heteroatoms. The average Bonchev–Trinajstić information content (AvgIpc) is 2.52. The van der Waals surface area contributed by atoms with Gasteiger partial charge in [0.15, 0.2) is 0 Å². The number of aryl methyl sites for hydroxylation is 1. The lowest BCUT2D eigenvalue weighted by Crippen LogP contribution is -2.26. The number of hydrogen-bond donors (Lipinski definition) is 1. The molecule has 2 aromatic rings. The molecule has 0 saturated carbocycles. The van der Waals surface area contributed by atoms with E-state index in [9.17, 15) is 9.90 Å². The number of rotatable bonds is 2. The zero-order valence-electron chi connectivity index (χ0n) is 8.14. The summed E-state index contributed by atoms with van der Waals surface area (Å²) in [6.07, 6.45) is 1.72. The lowest BCUT2D eigenvalue weighted by atomic mass is 10.3. The van der Waals surface area contributed by atoms with Gasteiger partial charge in [0.2, 0.25) is 5.78 Å². The normalized spacial score (nSPS) is 10.8. The lowest BCUT2D eigenvalue weighted by Gasteiger charge is -1.89. The number of carbonyl (C=O) groups is 1. The number of hydrogen-bond acceptors (Lipinski definition) is 2. The zero-order valence-corrected chi connectivity index (χ0v) is 8.90. The largest absolute Gasteiger partial charge is 0.475 e. The highest BCUT2D eigenvalue weighted by Crippen LogP contribution is 2.16. The Morgan fingerprint density at radius 2 is 2.33 bits per heavy atom. The molecule has 0 aliphatic rings. The first-order chi connectivity index (χ1) is 7.16. The van der Waals surface area contributed by atoms with Crippen LogP contribution < -0.4 is 4.57 Å². The SMILES string of the molecule is C[n+]1c(O)c(C(=O)CCl)n2ccccc21. The molecule has 78 valence electrons. The Morgan fingerprint density at radius 3 is 3.00 bits per heavy atom. The molecule has 0 unspecified atom stereocenters. The van der Waals surface area contributed by atoms with Gasteiger partial charge in [-0.25, -0.2) is 0 Å². The van der Waals surface area contributed by atoms with Crippen LogP contribution in [0.4, 0.5) is 0 Å². The van der Waals surface area contributed by atoms with Gasteiger partial charge in [-0.1, -0.05) is 6.07 Å². The summed E-state index contributed by atoms with van der Waals surface area (Å²) < 4.78 is 3.17. The first kappa shape index (κ1) is 9.98. The number of aromatic hydroxyl groups is 1. The summed E-state index contributed by atoms with van der Waals surface area (Å²) in [7, 11) is 1.69. The highest BCUT2D eigenvalue weighted by Gasteiger charge is 2.27. The van der Waals surface area contributed by atoms with E-state index in [4.69, 9.17) is 11.6 Å². The summed E-state index contributed by atoms with van der Waals surface area (Å²) in [4.78, 5) is 11.5. The van der Waals surface area contributed by atoms with Gasteiger partial charge in [0.1, 0.15) is 0 Å². The highest BCUT2D eigenvalue weighted by molar-refractivity contribution is 6.30. The minimum absolute atomic E-state index is 0.0631. The topological polar surface area (TPSA) is 45.6 Å². The summed E-state index contributed by atoms with van der Waals surface area (Å²) in [5, 5.41) is 9.79. The van der Waals surface area contributed by atoms with Crippen LogP contribution in [-0.2, 0) is 7.05 Å². The summed E-state index contributed by atoms with van der Waals surface area (Å²) in [6.45, 7) is 0. The van der Waals surface area contributed by atoms with Crippen molar-refractivity contribution in [2.75, 3.05) is 5.88 Å². The van der Waals surface area contributed by atoms with Crippen molar-refractivity contribution in [3.05, 3.63) is 30.1 Å². The van der Waals surface area contributed by atoms with Crippen LogP contribution in [0.25, 0.3) is 5.65 Å². The number of fused-ring (bicyclic) bond motifs is 1. The third-order valence-electron chi connectivity index (χ3n) is 2.34. The van der Waals surface area contributed by atoms with E-state index < -0.39 is 0 Å². The number of ketones is 1. The average molecular weight is 226 g/mol. The first-order valence-electron chi connectivity index (χ1n) is 4.44. The first-order valence-corrected chi connectivity index (χ1v) is 4.97. The molecule has 0 radical (unpaired) electrons. The van der Waals surface area contributed by atoms with Gasteiger partial charge in [0, 0.05) is 6.07 Å². The van der Waals surface area contributed by atoms with Gasteiger partial charge in [-0.2, -0.15) is 8.97 Å². The number of alkyl halides is 1. The number of pyridine rings is 1. The summed E-state index contributed by atoms with van der Waals surface area (Å²) in [5.74, 6) is -0.503. The molecule has 0 saturated heterocycles. The van der Waals surface area contributed by atoms with Gasteiger partial charge in [0.25, 0.3) is 11.3 Å². The van der Waals surface area contributed by atoms with Crippen molar-refractivity contribution in [2.24, 2.45) is 7.05 Å². The second-order valence-corrected chi connectivity index (χ2v) is 3.48. The fraction of sp³-hybridized carbons (Fsp3) is 0.200. The zero-order chi connectivity index (χ0) is 11.0. The van der Waals surface area contributed by atoms with E-state index in [-0.39, 0.29) is 23.2 Å². The number of aromatic nitrogens is 2. The van der Waals surface area contributed by atoms with Crippen molar-refractivity contribution in [1.82, 2.24) is 4.40 Å². The molecule has 0 spiro atoms. The van der Waals surface area contributed by atoms with Gasteiger partial charge in [-0.05, 0) is 6.07 Å². The number of Topliss-reactive ketones (excluding diaryl/α,β-unsaturated/α-hetero) is 1. The van der Waals surface area contributed by atoms with Crippen molar-refractivity contribution in [3.63, 3.8) is 0 Å². The third-order valence-corrected chi connectivity index (χ3v) is 2.58. The van der Waals surface area contributed by atoms with E-state index in [1.807, 2.05) is 12.1 Å². The number of imidazole rings is 1. The molecule has 0 atom stereocenters. The Labute approximate surface area is 91.3 Å². The van der Waals surface area contributed by atoms with Crippen LogP contribution >= 0.6 is 11.6 Å². The van der Waals surface area contributed by atoms with Crippen LogP contribution in [0.2, 0.25) is 0 Å². The molecule has 0 aromatic carbocycles. The molecule has 0 fully saturated rings. The number of halogens is 1. The third kappa shape index (κ3) is 1.37. The maximum atomic E-state index is 11.5. The standard InChI is InChI=1S/C10H9ClN2O2/c1-12-8-4-2-3-5-13(8)9(10(12)15)7(14)6-11/h2-5H,6H2,1H3/p+1. The second kappa shape index (κ2) is 3.55. The van der Waals surface area contributed by atoms with Crippen molar-refractivity contribution in [1.29, 1.82) is 0 Å². The Bertz CT molecular complexity index is 533. The molecule has 4 nitrogen and oxygen atoms in total. The van der Waals surface area contributed by atoms with Gasteiger partial charge in [-0.15, -0.1) is 11.6 Å². The second-order valence-electron chi connectivity index (χ2n) is 3.22. The molecular weight excluding hydrogens is 216 g/mol. The Morgan fingerprint density at radius 1 is 1.60 bits per heavy atom. The lowest BCUT2D eigenvalue weighted by molar-refractivity contribution is -0.651. The molecular formula is C10H10ClN2O2+. The molecule has 1 N–H and O–H groups in total. The van der Waals surface area contributed by atoms with Crippen LogP contribution in [0, 0.1) is 0 Å². The molecule has 0 bridgehead atoms. The Kier molecular flexibility index (Phi) is 2.36. The van der Waals surface area contributed by atoms with Gasteiger partial charge in [-0.3, -0.25) is 4.79 Å². The van der Waals surface area contributed by atoms with Gasteiger partial charge in [0.05, 0.1) is 19.1 Å². The quantitative estimate of drug-likeness (QED) is 0.469. The van der Waals surface area contributed by atoms with Crippen LogP contribution in [0.1, 0.15) is 10.5 Å². The van der Waals surface area contributed by atoms with E-state index >= 15 is 0 Å². The van der Waals surface area contributed by atoms with Crippen LogP contribution in [0.3, 0.4) is 0 Å². The molecule has 2 heterocycles. The van der Waals surface area contributed by atoms with E-state index in [0.29, 0.717) is 0 Å². The minimum Gasteiger partial charge on any atom is -0.475 e. The van der Waals surface area contributed by atoms with Gasteiger partial charge >= 0.3 is 5.88 Å². The smallest absolute Gasteiger partial charge is 0.334 e. The van der Waals surface area contributed by atoms with E-state index in [2.05, 4.69) is 0 Å².